The van der Waals surface area contributed by atoms with E-state index in [4.69, 9.17) is 0 Å². The molecule has 10 aromatic carbocycles. The van der Waals surface area contributed by atoms with Crippen molar-refractivity contribution in [2.45, 2.75) is 0 Å². The third kappa shape index (κ3) is 2.77. The summed E-state index contributed by atoms with van der Waals surface area (Å²) in [5, 5.41) is 18.7. The van der Waals surface area contributed by atoms with E-state index in [2.05, 4.69) is 146 Å². The summed E-state index contributed by atoms with van der Waals surface area (Å²) in [4.78, 5) is 0. The van der Waals surface area contributed by atoms with Gasteiger partial charge in [0, 0.05) is 0 Å². The Hall–Kier alpha value is -5.46. The number of fused-ring (bicyclic) bond motifs is 4. The summed E-state index contributed by atoms with van der Waals surface area (Å²) in [7, 11) is 0. The summed E-state index contributed by atoms with van der Waals surface area (Å²) >= 11 is 0. The summed E-state index contributed by atoms with van der Waals surface area (Å²) in [6.45, 7) is 0. The van der Waals surface area contributed by atoms with Crippen molar-refractivity contribution in [1.29, 1.82) is 0 Å². The Morgan fingerprint density at radius 2 is 0.619 bits per heavy atom. The molecule has 0 N–H and O–H groups in total. The van der Waals surface area contributed by atoms with E-state index in [1.807, 2.05) is 0 Å². The average Bonchev–Trinajstić information content (AvgIpc) is 3.06. The molecular formula is C42H24. The van der Waals surface area contributed by atoms with Crippen LogP contribution in [0.25, 0.3) is 97.7 Å². The molecule has 0 aliphatic carbocycles. The highest BCUT2D eigenvalue weighted by Gasteiger charge is 2.25. The number of benzene rings is 10. The maximum absolute atomic E-state index is 2.44. The quantitative estimate of drug-likeness (QED) is 0.155. The molecule has 0 amide bonds. The molecule has 0 saturated heterocycles. The maximum atomic E-state index is 2.44. The first kappa shape index (κ1) is 22.3. The molecule has 0 heteroatoms. The predicted octanol–water partition coefficient (Wildman–Crippen LogP) is 12.0. The van der Waals surface area contributed by atoms with Crippen molar-refractivity contribution >= 4 is 75.4 Å². The fraction of sp³-hybridized carbons (Fsp3) is 0. The van der Waals surface area contributed by atoms with Gasteiger partial charge in [0.1, 0.15) is 0 Å². The van der Waals surface area contributed by atoms with Gasteiger partial charge in [0.25, 0.3) is 0 Å². The molecule has 0 spiro atoms. The van der Waals surface area contributed by atoms with E-state index in [0.29, 0.717) is 0 Å². The van der Waals surface area contributed by atoms with Gasteiger partial charge in [-0.3, -0.25) is 0 Å². The van der Waals surface area contributed by atoms with Gasteiger partial charge in [-0.25, -0.2) is 0 Å². The molecule has 0 atom stereocenters. The van der Waals surface area contributed by atoms with E-state index in [-0.39, 0.29) is 0 Å². The Morgan fingerprint density at radius 1 is 0.238 bits per heavy atom. The molecule has 0 saturated carbocycles. The Morgan fingerprint density at radius 3 is 1.07 bits per heavy atom. The van der Waals surface area contributed by atoms with Crippen molar-refractivity contribution in [3.05, 3.63) is 146 Å². The Kier molecular flexibility index (Phi) is 4.27. The van der Waals surface area contributed by atoms with E-state index in [1.54, 1.807) is 0 Å². The van der Waals surface area contributed by atoms with Gasteiger partial charge in [0.2, 0.25) is 0 Å². The molecule has 10 rings (SSSR count). The molecule has 10 aromatic rings. The molecule has 0 nitrogen and oxygen atoms in total. The van der Waals surface area contributed by atoms with Gasteiger partial charge in [-0.2, -0.15) is 0 Å². The van der Waals surface area contributed by atoms with E-state index in [1.165, 1.54) is 97.7 Å². The van der Waals surface area contributed by atoms with Crippen LogP contribution in [0.2, 0.25) is 0 Å². The monoisotopic (exact) mass is 528 g/mol. The van der Waals surface area contributed by atoms with Crippen LogP contribution in [0.4, 0.5) is 0 Å². The van der Waals surface area contributed by atoms with Crippen LogP contribution < -0.4 is 0 Å². The van der Waals surface area contributed by atoms with Crippen molar-refractivity contribution in [3.63, 3.8) is 0 Å². The largest absolute Gasteiger partial charge is 0.0622 e. The van der Waals surface area contributed by atoms with Crippen molar-refractivity contribution < 1.29 is 0 Å². The number of hydrogen-bond acceptors (Lipinski definition) is 0. The van der Waals surface area contributed by atoms with Gasteiger partial charge in [-0.15, -0.1) is 0 Å². The van der Waals surface area contributed by atoms with Gasteiger partial charge in [-0.05, 0) is 110 Å². The fourth-order valence-corrected chi connectivity index (χ4v) is 7.86. The molecule has 42 heavy (non-hydrogen) atoms. The summed E-state index contributed by atoms with van der Waals surface area (Å²) in [5.41, 5.74) is 5.19. The van der Waals surface area contributed by atoms with Crippen molar-refractivity contribution in [2.75, 3.05) is 0 Å². The zero-order valence-electron chi connectivity index (χ0n) is 22.9. The Bertz CT molecular complexity index is 2460. The normalized spacial score (nSPS) is 12.3. The van der Waals surface area contributed by atoms with Crippen molar-refractivity contribution in [3.8, 4) is 22.3 Å². The summed E-state index contributed by atoms with van der Waals surface area (Å²) in [6, 6.07) is 54.1. The molecule has 0 aromatic heterocycles. The van der Waals surface area contributed by atoms with E-state index in [0.717, 1.165) is 0 Å². The zero-order chi connectivity index (χ0) is 27.4. The first-order valence-corrected chi connectivity index (χ1v) is 14.7. The van der Waals surface area contributed by atoms with Crippen molar-refractivity contribution in [2.24, 2.45) is 0 Å². The second-order valence-corrected chi connectivity index (χ2v) is 11.6. The highest BCUT2D eigenvalue weighted by molar-refractivity contribution is 6.45. The third-order valence-corrected chi connectivity index (χ3v) is 9.50. The van der Waals surface area contributed by atoms with Gasteiger partial charge in [-0.1, -0.05) is 133 Å². The van der Waals surface area contributed by atoms with Gasteiger partial charge in [0.15, 0.2) is 0 Å². The first-order valence-electron chi connectivity index (χ1n) is 14.7. The van der Waals surface area contributed by atoms with E-state index < -0.39 is 0 Å². The van der Waals surface area contributed by atoms with Crippen LogP contribution in [0.3, 0.4) is 0 Å². The molecule has 0 heterocycles. The molecule has 0 radical (unpaired) electrons. The van der Waals surface area contributed by atoms with Crippen LogP contribution in [-0.4, -0.2) is 0 Å². The van der Waals surface area contributed by atoms with E-state index >= 15 is 0 Å². The second kappa shape index (κ2) is 8.06. The summed E-state index contributed by atoms with van der Waals surface area (Å²) in [6.07, 6.45) is 0. The van der Waals surface area contributed by atoms with Crippen LogP contribution in [0, 0.1) is 0 Å². The van der Waals surface area contributed by atoms with Gasteiger partial charge < -0.3 is 0 Å². The van der Waals surface area contributed by atoms with Crippen LogP contribution in [0.5, 0.6) is 0 Å². The molecule has 192 valence electrons. The maximum Gasteiger partial charge on any atom is -0.000718 e. The molecule has 0 aliphatic rings. The number of rotatable bonds is 2. The van der Waals surface area contributed by atoms with Crippen LogP contribution in [0.1, 0.15) is 0 Å². The fourth-order valence-electron chi connectivity index (χ4n) is 7.86. The SMILES string of the molecule is c1ccc(-c2c3cc4ccccc4c4ccc5c(-c6ccccc6)c6cc7ccccc7c7ccc2c(c67)c5c34)cc1. The standard InChI is InChI=1S/C42H24/c1-3-11-25(12-4-1)37-33-21-19-32-30-18-10-8-16-28(30)24-36-38(26-13-5-2-6-14-26)34-22-20-31-29-17-9-7-15-27(29)23-35(37)39(31)42(34)41(33)40(32)36/h1-24H. The minimum Gasteiger partial charge on any atom is -0.0622 e. The van der Waals surface area contributed by atoms with Crippen LogP contribution in [-0.2, 0) is 0 Å². The third-order valence-electron chi connectivity index (χ3n) is 9.50. The second-order valence-electron chi connectivity index (χ2n) is 11.6. The van der Waals surface area contributed by atoms with Crippen molar-refractivity contribution in [1.82, 2.24) is 0 Å². The summed E-state index contributed by atoms with van der Waals surface area (Å²) < 4.78 is 0. The molecule has 0 fully saturated rings. The Balaban J connectivity index is 1.60. The molecule has 0 aliphatic heterocycles. The average molecular weight is 529 g/mol. The van der Waals surface area contributed by atoms with Gasteiger partial charge in [0.05, 0.1) is 0 Å². The predicted molar refractivity (Wildman–Crippen MR) is 182 cm³/mol. The van der Waals surface area contributed by atoms with Gasteiger partial charge >= 0.3 is 0 Å². The van der Waals surface area contributed by atoms with E-state index in [9.17, 15) is 0 Å². The zero-order valence-corrected chi connectivity index (χ0v) is 22.9. The molecule has 0 bridgehead atoms. The number of hydrogen-bond donors (Lipinski definition) is 0. The minimum absolute atomic E-state index is 1.26. The van der Waals surface area contributed by atoms with Crippen LogP contribution in [0.15, 0.2) is 146 Å². The van der Waals surface area contributed by atoms with Crippen LogP contribution >= 0.6 is 0 Å². The lowest BCUT2D eigenvalue weighted by Gasteiger charge is -2.24. The lowest BCUT2D eigenvalue weighted by Crippen LogP contribution is -1.96. The summed E-state index contributed by atoms with van der Waals surface area (Å²) in [5.74, 6) is 0. The first-order chi connectivity index (χ1) is 20.9. The highest BCUT2D eigenvalue weighted by atomic mass is 14.3. The Labute approximate surface area is 242 Å². The lowest BCUT2D eigenvalue weighted by molar-refractivity contribution is 1.68. The molecule has 0 unspecified atom stereocenters. The smallest absolute Gasteiger partial charge is 0.000718 e. The topological polar surface area (TPSA) is 0 Å². The molecular weight excluding hydrogens is 504 g/mol. The lowest BCUT2D eigenvalue weighted by atomic mass is 9.78. The highest BCUT2D eigenvalue weighted by Crippen LogP contribution is 2.53. The minimum atomic E-state index is 1.26.